The molecule has 1 aliphatic rings. The molecule has 0 fully saturated rings. The largest absolute Gasteiger partial charge is 0.467 e. The number of rotatable bonds is 0. The zero-order valence-electron chi connectivity index (χ0n) is 5.01. The molecule has 0 aromatic carbocycles. The lowest BCUT2D eigenvalue weighted by atomic mass is 10.8. The summed E-state index contributed by atoms with van der Waals surface area (Å²) in [7, 11) is 3.50. The van der Waals surface area contributed by atoms with Gasteiger partial charge < -0.3 is 9.64 Å². The van der Waals surface area contributed by atoms with Crippen molar-refractivity contribution in [2.45, 2.75) is 0 Å². The van der Waals surface area contributed by atoms with Crippen molar-refractivity contribution < 1.29 is 4.74 Å². The highest BCUT2D eigenvalue weighted by atomic mass is 16.5. The molecule has 0 atom stereocenters. The van der Waals surface area contributed by atoms with Crippen molar-refractivity contribution in [2.75, 3.05) is 20.8 Å². The Kier molecular flexibility index (Phi) is 1.24. The highest BCUT2D eigenvalue weighted by Gasteiger charge is 2.10. The van der Waals surface area contributed by atoms with Gasteiger partial charge in [-0.05, 0) is 0 Å². The summed E-state index contributed by atoms with van der Waals surface area (Å²) >= 11 is 0. The number of hydrogen-bond donors (Lipinski definition) is 1. The number of methoxy groups -OCH3 is 1. The van der Waals surface area contributed by atoms with Gasteiger partial charge in [0, 0.05) is 7.05 Å². The summed E-state index contributed by atoms with van der Waals surface area (Å²) in [6.07, 6.45) is 0. The molecule has 4 heteroatoms. The van der Waals surface area contributed by atoms with Gasteiger partial charge in [0.15, 0.2) is 0 Å². The van der Waals surface area contributed by atoms with Gasteiger partial charge >= 0.3 is 6.02 Å². The van der Waals surface area contributed by atoms with Crippen LogP contribution in [0.25, 0.3) is 0 Å². The summed E-state index contributed by atoms with van der Waals surface area (Å²) in [6, 6.07) is 0.644. The van der Waals surface area contributed by atoms with Gasteiger partial charge in [0.2, 0.25) is 0 Å². The molecule has 0 spiro atoms. The van der Waals surface area contributed by atoms with Crippen molar-refractivity contribution in [3.63, 3.8) is 0 Å². The van der Waals surface area contributed by atoms with Crippen molar-refractivity contribution in [1.82, 2.24) is 10.3 Å². The lowest BCUT2D eigenvalue weighted by Gasteiger charge is -2.08. The van der Waals surface area contributed by atoms with Crippen LogP contribution in [0.15, 0.2) is 5.10 Å². The first-order chi connectivity index (χ1) is 3.84. The second kappa shape index (κ2) is 1.90. The Bertz CT molecular complexity index is 112. The molecule has 8 heavy (non-hydrogen) atoms. The van der Waals surface area contributed by atoms with Gasteiger partial charge in [-0.25, -0.2) is 0 Å². The maximum Gasteiger partial charge on any atom is 0.310 e. The van der Waals surface area contributed by atoms with Gasteiger partial charge in [-0.15, -0.1) is 5.10 Å². The van der Waals surface area contributed by atoms with Crippen LogP contribution in [0.5, 0.6) is 0 Å². The quantitative estimate of drug-likeness (QED) is 0.458. The first-order valence-electron chi connectivity index (χ1n) is 2.40. The third-order valence-corrected chi connectivity index (χ3v) is 0.992. The minimum absolute atomic E-state index is 0.644. The Morgan fingerprint density at radius 1 is 1.88 bits per heavy atom. The highest BCUT2D eigenvalue weighted by molar-refractivity contribution is 5.74. The van der Waals surface area contributed by atoms with Crippen molar-refractivity contribution in [3.8, 4) is 0 Å². The van der Waals surface area contributed by atoms with Crippen molar-refractivity contribution in [2.24, 2.45) is 5.10 Å². The maximum absolute atomic E-state index is 4.84. The molecule has 1 rings (SSSR count). The Balaban J connectivity index is 2.49. The monoisotopic (exact) mass is 115 g/mol. The van der Waals surface area contributed by atoms with E-state index in [-0.39, 0.29) is 0 Å². The number of hydrazone groups is 1. The van der Waals surface area contributed by atoms with Crippen LogP contribution in [0.3, 0.4) is 0 Å². The SMILES string of the molecule is COC1=NNCN1C. The van der Waals surface area contributed by atoms with Crippen molar-refractivity contribution in [3.05, 3.63) is 0 Å². The molecule has 0 bridgehead atoms. The minimum Gasteiger partial charge on any atom is -0.467 e. The van der Waals surface area contributed by atoms with Crippen molar-refractivity contribution >= 4 is 6.02 Å². The number of amidine groups is 1. The predicted molar refractivity (Wildman–Crippen MR) is 30.2 cm³/mol. The van der Waals surface area contributed by atoms with Crippen LogP contribution >= 0.6 is 0 Å². The zero-order chi connectivity index (χ0) is 5.98. The predicted octanol–water partition coefficient (Wildman–Crippen LogP) is -0.604. The summed E-state index contributed by atoms with van der Waals surface area (Å²) < 4.78 is 4.84. The van der Waals surface area contributed by atoms with Gasteiger partial charge in [0.1, 0.15) is 6.67 Å². The number of hydrogen-bond acceptors (Lipinski definition) is 4. The summed E-state index contributed by atoms with van der Waals surface area (Å²) in [5.41, 5.74) is 2.76. The molecular formula is C4H9N3O. The van der Waals surface area contributed by atoms with E-state index in [1.54, 1.807) is 7.11 Å². The van der Waals surface area contributed by atoms with E-state index >= 15 is 0 Å². The second-order valence-corrected chi connectivity index (χ2v) is 1.61. The van der Waals surface area contributed by atoms with Crippen molar-refractivity contribution in [1.29, 1.82) is 0 Å². The third kappa shape index (κ3) is 0.685. The topological polar surface area (TPSA) is 36.9 Å². The molecule has 0 unspecified atom stereocenters. The van der Waals surface area contributed by atoms with Crippen LogP contribution in [0.2, 0.25) is 0 Å². The van der Waals surface area contributed by atoms with Crippen LogP contribution in [0.1, 0.15) is 0 Å². The molecule has 1 N–H and O–H groups in total. The third-order valence-electron chi connectivity index (χ3n) is 0.992. The average molecular weight is 115 g/mol. The Hall–Kier alpha value is -0.930. The molecule has 0 amide bonds. The summed E-state index contributed by atoms with van der Waals surface area (Å²) in [4.78, 5) is 1.88. The Labute approximate surface area is 48.1 Å². The fourth-order valence-electron chi connectivity index (χ4n) is 0.564. The number of nitrogens with zero attached hydrogens (tertiary/aromatic N) is 2. The first kappa shape index (κ1) is 5.21. The smallest absolute Gasteiger partial charge is 0.310 e. The Morgan fingerprint density at radius 3 is 2.88 bits per heavy atom. The van der Waals surface area contributed by atoms with Gasteiger partial charge in [-0.2, -0.15) is 0 Å². The van der Waals surface area contributed by atoms with Crippen LogP contribution in [0.4, 0.5) is 0 Å². The molecule has 0 radical (unpaired) electrons. The van der Waals surface area contributed by atoms with Crippen LogP contribution in [-0.2, 0) is 4.74 Å². The number of nitrogens with one attached hydrogen (secondary N) is 1. The fourth-order valence-corrected chi connectivity index (χ4v) is 0.564. The van der Waals surface area contributed by atoms with Gasteiger partial charge in [-0.1, -0.05) is 0 Å². The normalized spacial score (nSPS) is 17.8. The lowest BCUT2D eigenvalue weighted by Crippen LogP contribution is -2.25. The molecule has 0 saturated carbocycles. The van der Waals surface area contributed by atoms with E-state index in [2.05, 4.69) is 10.5 Å². The molecule has 1 aliphatic heterocycles. The standard InChI is InChI=1S/C4H9N3O/c1-7-3-5-6-4(7)8-2/h5H,3H2,1-2H3. The van der Waals surface area contributed by atoms with Gasteiger partial charge in [-0.3, -0.25) is 5.43 Å². The van der Waals surface area contributed by atoms with Crippen LogP contribution < -0.4 is 5.43 Å². The Morgan fingerprint density at radius 2 is 2.62 bits per heavy atom. The maximum atomic E-state index is 4.84. The van der Waals surface area contributed by atoms with Gasteiger partial charge in [0.25, 0.3) is 0 Å². The highest BCUT2D eigenvalue weighted by Crippen LogP contribution is 1.91. The van der Waals surface area contributed by atoms with Crippen LogP contribution in [-0.4, -0.2) is 31.7 Å². The van der Waals surface area contributed by atoms with E-state index in [0.717, 1.165) is 6.67 Å². The van der Waals surface area contributed by atoms with E-state index in [4.69, 9.17) is 4.74 Å². The van der Waals surface area contributed by atoms with Gasteiger partial charge in [0.05, 0.1) is 7.11 Å². The molecule has 0 aromatic heterocycles. The lowest BCUT2D eigenvalue weighted by molar-refractivity contribution is 0.328. The molecule has 4 nitrogen and oxygen atoms in total. The molecule has 0 aliphatic carbocycles. The fraction of sp³-hybridized carbons (Fsp3) is 0.750. The van der Waals surface area contributed by atoms with E-state index in [1.165, 1.54) is 0 Å². The van der Waals surface area contributed by atoms with E-state index in [9.17, 15) is 0 Å². The van der Waals surface area contributed by atoms with E-state index in [1.807, 2.05) is 11.9 Å². The molecule has 1 heterocycles. The van der Waals surface area contributed by atoms with Crippen LogP contribution in [0, 0.1) is 0 Å². The second-order valence-electron chi connectivity index (χ2n) is 1.61. The molecule has 0 saturated heterocycles. The minimum atomic E-state index is 0.644. The summed E-state index contributed by atoms with van der Waals surface area (Å²) in [5, 5.41) is 3.81. The first-order valence-corrected chi connectivity index (χ1v) is 2.40. The summed E-state index contributed by atoms with van der Waals surface area (Å²) in [5.74, 6) is 0. The molecule has 0 aromatic rings. The summed E-state index contributed by atoms with van der Waals surface area (Å²) in [6.45, 7) is 0.739. The molecular weight excluding hydrogens is 106 g/mol. The molecule has 46 valence electrons. The average Bonchev–Trinajstić information content (AvgIpc) is 2.14. The number of ether oxygens (including phenoxy) is 1. The van der Waals surface area contributed by atoms with E-state index in [0.29, 0.717) is 6.02 Å². The zero-order valence-corrected chi connectivity index (χ0v) is 5.01. The van der Waals surface area contributed by atoms with E-state index < -0.39 is 0 Å².